The molecule has 0 radical (unpaired) electrons. The Morgan fingerprint density at radius 3 is 2.39 bits per heavy atom. The van der Waals surface area contributed by atoms with E-state index in [2.05, 4.69) is 10.3 Å². The van der Waals surface area contributed by atoms with Crippen LogP contribution in [0.4, 0.5) is 17.6 Å². The second-order valence-electron chi connectivity index (χ2n) is 8.10. The van der Waals surface area contributed by atoms with Crippen LogP contribution >= 0.6 is 0 Å². The zero-order chi connectivity index (χ0) is 23.2. The molecule has 1 saturated carbocycles. The molecule has 0 aromatic carbocycles. The first kappa shape index (κ1) is 23.2. The summed E-state index contributed by atoms with van der Waals surface area (Å²) < 4.78 is 81.9. The molecule has 1 saturated heterocycles. The molecule has 2 amide bonds. The van der Waals surface area contributed by atoms with Gasteiger partial charge in [0, 0.05) is 17.8 Å². The number of amides is 2. The molecule has 0 spiro atoms. The van der Waals surface area contributed by atoms with E-state index in [-0.39, 0.29) is 18.4 Å². The van der Waals surface area contributed by atoms with Crippen LogP contribution in [0, 0.1) is 0 Å². The summed E-state index contributed by atoms with van der Waals surface area (Å²) in [6, 6.07) is 0.887. The van der Waals surface area contributed by atoms with Gasteiger partial charge in [0.1, 0.15) is 17.1 Å². The summed E-state index contributed by atoms with van der Waals surface area (Å²) in [7, 11) is -3.47. The molecule has 1 aromatic heterocycles. The molecular weight excluding hydrogens is 446 g/mol. The fourth-order valence-electron chi connectivity index (χ4n) is 3.67. The number of nitrogens with two attached hydrogens (primary N) is 1. The van der Waals surface area contributed by atoms with Crippen LogP contribution in [0.15, 0.2) is 12.3 Å². The van der Waals surface area contributed by atoms with Gasteiger partial charge in [0.2, 0.25) is 5.91 Å². The Bertz CT molecular complexity index is 996. The maximum Gasteiger partial charge on any atom is 0.425 e. The molecule has 1 aliphatic carbocycles. The highest BCUT2D eigenvalue weighted by molar-refractivity contribution is 7.93. The molecule has 13 heteroatoms. The molecule has 8 nitrogen and oxygen atoms in total. The van der Waals surface area contributed by atoms with Gasteiger partial charge in [-0.25, -0.2) is 12.8 Å². The van der Waals surface area contributed by atoms with Crippen molar-refractivity contribution in [2.45, 2.75) is 56.1 Å². The third-order valence-corrected chi connectivity index (χ3v) is 7.36. The molecular formula is C18H21F4N3O5S. The van der Waals surface area contributed by atoms with Crippen molar-refractivity contribution in [1.82, 2.24) is 10.3 Å². The van der Waals surface area contributed by atoms with E-state index in [0.29, 0.717) is 6.42 Å². The van der Waals surface area contributed by atoms with Crippen LogP contribution in [0.2, 0.25) is 0 Å². The second kappa shape index (κ2) is 7.61. The molecule has 3 rings (SSSR count). The Morgan fingerprint density at radius 2 is 1.94 bits per heavy atom. The van der Waals surface area contributed by atoms with Gasteiger partial charge in [-0.1, -0.05) is 0 Å². The third-order valence-electron chi connectivity index (χ3n) is 5.38. The van der Waals surface area contributed by atoms with Crippen molar-refractivity contribution < 1.29 is 40.3 Å². The number of rotatable bonds is 7. The van der Waals surface area contributed by atoms with Crippen LogP contribution in [0.5, 0.6) is 5.75 Å². The monoisotopic (exact) mass is 467 g/mol. The van der Waals surface area contributed by atoms with Gasteiger partial charge in [-0.15, -0.1) is 0 Å². The van der Waals surface area contributed by atoms with Crippen LogP contribution in [-0.4, -0.2) is 54.5 Å². The zero-order valence-electron chi connectivity index (χ0n) is 16.5. The highest BCUT2D eigenvalue weighted by Gasteiger charge is 2.51. The summed E-state index contributed by atoms with van der Waals surface area (Å²) >= 11 is 0. The molecule has 1 atom stereocenters. The number of carbonyl (C=O) groups excluding carboxylic acids is 2. The molecule has 0 bridgehead atoms. The second-order valence-corrected chi connectivity index (χ2v) is 10.2. The van der Waals surface area contributed by atoms with E-state index in [0.717, 1.165) is 19.2 Å². The lowest BCUT2D eigenvalue weighted by Crippen LogP contribution is -2.66. The molecule has 3 N–H and O–H groups in total. The van der Waals surface area contributed by atoms with E-state index < -0.39 is 74.5 Å². The van der Waals surface area contributed by atoms with Crippen LogP contribution in [0.25, 0.3) is 0 Å². The van der Waals surface area contributed by atoms with Crippen molar-refractivity contribution in [3.8, 4) is 5.75 Å². The van der Waals surface area contributed by atoms with Crippen molar-refractivity contribution in [2.24, 2.45) is 5.73 Å². The van der Waals surface area contributed by atoms with Gasteiger partial charge in [0.15, 0.2) is 15.9 Å². The summed E-state index contributed by atoms with van der Waals surface area (Å²) in [4.78, 5) is 27.8. The SMILES string of the molecule is C[C@H](Oc1cc(C(=O)NC2(CC(N)=O)CS(=O)(=O)C2)ncc1C1(F)CCC1)C(F)(F)F. The normalized spacial score (nSPS) is 21.8. The number of primary amides is 1. The fraction of sp³-hybridized carbons (Fsp3) is 0.611. The van der Waals surface area contributed by atoms with Crippen molar-refractivity contribution in [3.63, 3.8) is 0 Å². The van der Waals surface area contributed by atoms with E-state index in [9.17, 15) is 35.6 Å². The molecule has 2 fully saturated rings. The first-order chi connectivity index (χ1) is 14.1. The van der Waals surface area contributed by atoms with E-state index in [1.807, 2.05) is 0 Å². The van der Waals surface area contributed by atoms with Crippen LogP contribution in [-0.2, 0) is 20.3 Å². The van der Waals surface area contributed by atoms with E-state index in [4.69, 9.17) is 10.5 Å². The Balaban J connectivity index is 1.89. The summed E-state index contributed by atoms with van der Waals surface area (Å²) in [6.07, 6.45) is -5.79. The molecule has 172 valence electrons. The van der Waals surface area contributed by atoms with Crippen molar-refractivity contribution in [1.29, 1.82) is 0 Å². The van der Waals surface area contributed by atoms with Crippen LogP contribution in [0.3, 0.4) is 0 Å². The number of hydrogen-bond acceptors (Lipinski definition) is 6. The van der Waals surface area contributed by atoms with Crippen LogP contribution in [0.1, 0.15) is 48.7 Å². The van der Waals surface area contributed by atoms with Gasteiger partial charge in [-0.05, 0) is 26.2 Å². The van der Waals surface area contributed by atoms with E-state index in [1.54, 1.807) is 0 Å². The quantitative estimate of drug-likeness (QED) is 0.586. The number of nitrogens with one attached hydrogen (secondary N) is 1. The number of alkyl halides is 4. The standard InChI is InChI=1S/C18H21F4N3O5S/c1-10(18(20,21)22)30-13-5-12(24-7-11(13)17(19)3-2-4-17)15(27)25-16(6-14(23)26)8-31(28,29)9-16/h5,7,10H,2-4,6,8-9H2,1H3,(H2,23,26)(H,25,27)/t10-/m0/s1. The predicted molar refractivity (Wildman–Crippen MR) is 99.7 cm³/mol. The predicted octanol–water partition coefficient (Wildman–Crippen LogP) is 1.53. The minimum atomic E-state index is -4.72. The number of pyridine rings is 1. The molecule has 2 heterocycles. The van der Waals surface area contributed by atoms with Crippen molar-refractivity contribution in [2.75, 3.05) is 11.5 Å². The van der Waals surface area contributed by atoms with Gasteiger partial charge in [-0.2, -0.15) is 13.2 Å². The largest absolute Gasteiger partial charge is 0.481 e. The first-order valence-corrected chi connectivity index (χ1v) is 11.2. The molecule has 31 heavy (non-hydrogen) atoms. The Hall–Kier alpha value is -2.44. The molecule has 2 aliphatic rings. The Morgan fingerprint density at radius 1 is 1.32 bits per heavy atom. The lowest BCUT2D eigenvalue weighted by Gasteiger charge is -2.40. The Kier molecular flexibility index (Phi) is 5.70. The van der Waals surface area contributed by atoms with E-state index >= 15 is 0 Å². The number of nitrogens with zero attached hydrogens (tertiary/aromatic N) is 1. The number of sulfone groups is 1. The first-order valence-electron chi connectivity index (χ1n) is 9.39. The van der Waals surface area contributed by atoms with Crippen LogP contribution < -0.4 is 15.8 Å². The number of aromatic nitrogens is 1. The summed E-state index contributed by atoms with van der Waals surface area (Å²) in [5.41, 5.74) is 1.19. The number of ether oxygens (including phenoxy) is 1. The van der Waals surface area contributed by atoms with Gasteiger partial charge in [0.25, 0.3) is 5.91 Å². The maximum atomic E-state index is 14.9. The van der Waals surface area contributed by atoms with Gasteiger partial charge in [0.05, 0.1) is 23.5 Å². The Labute approximate surface area is 175 Å². The van der Waals surface area contributed by atoms with E-state index in [1.165, 1.54) is 0 Å². The van der Waals surface area contributed by atoms with Gasteiger partial charge < -0.3 is 15.8 Å². The van der Waals surface area contributed by atoms with Crippen molar-refractivity contribution >= 4 is 21.7 Å². The summed E-state index contributed by atoms with van der Waals surface area (Å²) in [6.45, 7) is 0.747. The lowest BCUT2D eigenvalue weighted by atomic mass is 9.77. The number of halogens is 4. The topological polar surface area (TPSA) is 128 Å². The summed E-state index contributed by atoms with van der Waals surface area (Å²) in [5.74, 6) is -3.30. The average Bonchev–Trinajstić information content (AvgIpc) is 2.56. The smallest absolute Gasteiger partial charge is 0.425 e. The maximum absolute atomic E-state index is 14.9. The minimum absolute atomic E-state index is 0.0799. The summed E-state index contributed by atoms with van der Waals surface area (Å²) in [5, 5.41) is 2.38. The molecule has 1 aromatic rings. The lowest BCUT2D eigenvalue weighted by molar-refractivity contribution is -0.189. The number of carbonyl (C=O) groups is 2. The van der Waals surface area contributed by atoms with Crippen molar-refractivity contribution in [3.05, 3.63) is 23.5 Å². The molecule has 1 aliphatic heterocycles. The van der Waals surface area contributed by atoms with Gasteiger partial charge in [-0.3, -0.25) is 14.6 Å². The average molecular weight is 467 g/mol. The highest BCUT2D eigenvalue weighted by atomic mass is 32.2. The van der Waals surface area contributed by atoms with Gasteiger partial charge >= 0.3 is 6.18 Å². The zero-order valence-corrected chi connectivity index (χ0v) is 17.3. The molecule has 0 unspecified atom stereocenters. The third kappa shape index (κ3) is 4.91. The number of hydrogen-bond donors (Lipinski definition) is 2. The highest BCUT2D eigenvalue weighted by Crippen LogP contribution is 2.48. The fourth-order valence-corrected chi connectivity index (χ4v) is 5.61. The minimum Gasteiger partial charge on any atom is -0.481 e.